The van der Waals surface area contributed by atoms with Gasteiger partial charge in [-0.3, -0.25) is 9.59 Å². The maximum Gasteiger partial charge on any atom is 0.242 e. The minimum Gasteiger partial charge on any atom is -0.370 e. The van der Waals surface area contributed by atoms with Gasteiger partial charge in [0, 0.05) is 11.0 Å². The van der Waals surface area contributed by atoms with Gasteiger partial charge in [-0.05, 0) is 23.6 Å². The van der Waals surface area contributed by atoms with Crippen molar-refractivity contribution in [3.8, 4) is 0 Å². The highest BCUT2D eigenvalue weighted by Crippen LogP contribution is 2.24. The molecule has 0 aliphatic carbocycles. The standard InChI is InChI=1S/C17H24BrN3O3/c1-11(2)16(19)17(23)20-9-15(22)21-6-7-24-14(10-21)12-4-3-5-13(18)8-12/h3-5,8,11,14,16H,6-7,9-10,19H2,1-2H3,(H,20,23)/t14?,16-/m0/s1. The third-order valence-corrected chi connectivity index (χ3v) is 4.57. The first-order chi connectivity index (χ1) is 11.4. The van der Waals surface area contributed by atoms with Gasteiger partial charge in [-0.15, -0.1) is 0 Å². The summed E-state index contributed by atoms with van der Waals surface area (Å²) < 4.78 is 6.75. The SMILES string of the molecule is CC(C)[C@H](N)C(=O)NCC(=O)N1CCOC(c2cccc(Br)c2)C1. The maximum absolute atomic E-state index is 12.3. The van der Waals surface area contributed by atoms with Crippen LogP contribution in [0.3, 0.4) is 0 Å². The first-order valence-corrected chi connectivity index (χ1v) is 8.86. The second-order valence-electron chi connectivity index (χ2n) is 6.24. The van der Waals surface area contributed by atoms with Crippen LogP contribution >= 0.6 is 15.9 Å². The molecule has 24 heavy (non-hydrogen) atoms. The molecule has 1 unspecified atom stereocenters. The van der Waals surface area contributed by atoms with E-state index < -0.39 is 6.04 Å². The van der Waals surface area contributed by atoms with Gasteiger partial charge in [0.15, 0.2) is 0 Å². The van der Waals surface area contributed by atoms with Crippen molar-refractivity contribution in [3.63, 3.8) is 0 Å². The Labute approximate surface area is 150 Å². The molecular weight excluding hydrogens is 374 g/mol. The van der Waals surface area contributed by atoms with Crippen molar-refractivity contribution in [2.24, 2.45) is 11.7 Å². The average molecular weight is 398 g/mol. The Kier molecular flexibility index (Phi) is 6.77. The number of halogens is 1. The molecule has 3 N–H and O–H groups in total. The minimum absolute atomic E-state index is 0.0318. The van der Waals surface area contributed by atoms with Crippen LogP contribution in [0.25, 0.3) is 0 Å². The van der Waals surface area contributed by atoms with Crippen LogP contribution in [0.4, 0.5) is 0 Å². The molecule has 0 spiro atoms. The lowest BCUT2D eigenvalue weighted by atomic mass is 10.1. The zero-order chi connectivity index (χ0) is 17.7. The van der Waals surface area contributed by atoms with Crippen molar-refractivity contribution in [2.45, 2.75) is 26.0 Å². The van der Waals surface area contributed by atoms with E-state index in [1.54, 1.807) is 4.90 Å². The summed E-state index contributed by atoms with van der Waals surface area (Å²) in [6, 6.07) is 7.26. The van der Waals surface area contributed by atoms with E-state index in [2.05, 4.69) is 21.2 Å². The molecule has 0 saturated carbocycles. The molecule has 0 bridgehead atoms. The molecule has 2 rings (SSSR count). The van der Waals surface area contributed by atoms with Crippen molar-refractivity contribution in [2.75, 3.05) is 26.2 Å². The molecule has 1 aliphatic heterocycles. The van der Waals surface area contributed by atoms with E-state index in [4.69, 9.17) is 10.5 Å². The zero-order valence-corrected chi connectivity index (χ0v) is 15.6. The van der Waals surface area contributed by atoms with E-state index in [1.807, 2.05) is 38.1 Å². The molecule has 1 aromatic carbocycles. The maximum atomic E-state index is 12.3. The number of hydrogen-bond acceptors (Lipinski definition) is 4. The quantitative estimate of drug-likeness (QED) is 0.787. The van der Waals surface area contributed by atoms with Gasteiger partial charge in [-0.2, -0.15) is 0 Å². The van der Waals surface area contributed by atoms with Crippen molar-refractivity contribution in [3.05, 3.63) is 34.3 Å². The van der Waals surface area contributed by atoms with Crippen molar-refractivity contribution < 1.29 is 14.3 Å². The van der Waals surface area contributed by atoms with E-state index in [0.29, 0.717) is 19.7 Å². The summed E-state index contributed by atoms with van der Waals surface area (Å²) in [5.41, 5.74) is 6.80. The second kappa shape index (κ2) is 8.60. The molecule has 7 heteroatoms. The second-order valence-corrected chi connectivity index (χ2v) is 7.16. The molecule has 0 radical (unpaired) electrons. The number of amides is 2. The van der Waals surface area contributed by atoms with E-state index in [9.17, 15) is 9.59 Å². The third-order valence-electron chi connectivity index (χ3n) is 4.07. The van der Waals surface area contributed by atoms with E-state index in [1.165, 1.54) is 0 Å². The molecule has 6 nitrogen and oxygen atoms in total. The number of benzene rings is 1. The van der Waals surface area contributed by atoms with Gasteiger partial charge in [0.25, 0.3) is 0 Å². The molecule has 1 heterocycles. The van der Waals surface area contributed by atoms with Crippen LogP contribution in [-0.2, 0) is 14.3 Å². The molecule has 132 valence electrons. The Balaban J connectivity index is 1.90. The number of morpholine rings is 1. The summed E-state index contributed by atoms with van der Waals surface area (Å²) in [5.74, 6) is -0.387. The summed E-state index contributed by atoms with van der Waals surface area (Å²) >= 11 is 3.44. The molecule has 2 amide bonds. The van der Waals surface area contributed by atoms with E-state index in [0.717, 1.165) is 10.0 Å². The predicted molar refractivity (Wildman–Crippen MR) is 95.2 cm³/mol. The predicted octanol–water partition coefficient (Wildman–Crippen LogP) is 1.45. The van der Waals surface area contributed by atoms with Crippen molar-refractivity contribution >= 4 is 27.7 Å². The summed E-state index contributed by atoms with van der Waals surface area (Å²) in [7, 11) is 0. The monoisotopic (exact) mass is 397 g/mol. The lowest BCUT2D eigenvalue weighted by Gasteiger charge is -2.33. The summed E-state index contributed by atoms with van der Waals surface area (Å²) in [6.45, 7) is 5.18. The summed E-state index contributed by atoms with van der Waals surface area (Å²) in [6.07, 6.45) is -0.158. The van der Waals surface area contributed by atoms with Crippen LogP contribution in [0.2, 0.25) is 0 Å². The highest BCUT2D eigenvalue weighted by Gasteiger charge is 2.26. The van der Waals surface area contributed by atoms with Gasteiger partial charge in [-0.1, -0.05) is 41.9 Å². The molecule has 1 aromatic rings. The number of ether oxygens (including phenoxy) is 1. The Morgan fingerprint density at radius 1 is 1.46 bits per heavy atom. The van der Waals surface area contributed by atoms with Crippen molar-refractivity contribution in [1.29, 1.82) is 0 Å². The number of carbonyl (C=O) groups excluding carboxylic acids is 2. The van der Waals surface area contributed by atoms with Gasteiger partial charge in [-0.25, -0.2) is 0 Å². The Morgan fingerprint density at radius 3 is 2.88 bits per heavy atom. The van der Waals surface area contributed by atoms with Crippen LogP contribution < -0.4 is 11.1 Å². The lowest BCUT2D eigenvalue weighted by molar-refractivity contribution is -0.139. The fourth-order valence-corrected chi connectivity index (χ4v) is 2.90. The topological polar surface area (TPSA) is 84.7 Å². The van der Waals surface area contributed by atoms with Crippen LogP contribution in [0.1, 0.15) is 25.5 Å². The highest BCUT2D eigenvalue weighted by atomic mass is 79.9. The van der Waals surface area contributed by atoms with Gasteiger partial charge in [0.1, 0.15) is 6.10 Å². The molecular formula is C17H24BrN3O3. The smallest absolute Gasteiger partial charge is 0.242 e. The summed E-state index contributed by atoms with van der Waals surface area (Å²) in [4.78, 5) is 25.9. The third kappa shape index (κ3) is 5.03. The largest absolute Gasteiger partial charge is 0.370 e. The molecule has 2 atom stereocenters. The summed E-state index contributed by atoms with van der Waals surface area (Å²) in [5, 5.41) is 2.62. The normalized spacial score (nSPS) is 19.2. The highest BCUT2D eigenvalue weighted by molar-refractivity contribution is 9.10. The van der Waals surface area contributed by atoms with Gasteiger partial charge in [0.05, 0.1) is 25.7 Å². The average Bonchev–Trinajstić information content (AvgIpc) is 2.58. The lowest BCUT2D eigenvalue weighted by Crippen LogP contribution is -2.50. The first-order valence-electron chi connectivity index (χ1n) is 8.06. The molecule has 1 fully saturated rings. The molecule has 0 aromatic heterocycles. The Morgan fingerprint density at radius 2 is 2.21 bits per heavy atom. The van der Waals surface area contributed by atoms with Gasteiger partial charge < -0.3 is 20.7 Å². The van der Waals surface area contributed by atoms with Crippen LogP contribution in [0.5, 0.6) is 0 Å². The number of carbonyl (C=O) groups is 2. The van der Waals surface area contributed by atoms with Gasteiger partial charge in [0.2, 0.25) is 11.8 Å². The Hall–Kier alpha value is -1.44. The van der Waals surface area contributed by atoms with Crippen molar-refractivity contribution in [1.82, 2.24) is 10.2 Å². The van der Waals surface area contributed by atoms with Crippen LogP contribution in [0, 0.1) is 5.92 Å². The van der Waals surface area contributed by atoms with E-state index in [-0.39, 0.29) is 30.4 Å². The molecule has 1 aliphatic rings. The van der Waals surface area contributed by atoms with Crippen LogP contribution in [0.15, 0.2) is 28.7 Å². The number of rotatable bonds is 5. The number of nitrogens with one attached hydrogen (secondary N) is 1. The minimum atomic E-state index is -0.600. The van der Waals surface area contributed by atoms with E-state index >= 15 is 0 Å². The van der Waals surface area contributed by atoms with Gasteiger partial charge >= 0.3 is 0 Å². The molecule has 1 saturated heterocycles. The first kappa shape index (κ1) is 18.9. The number of nitrogens with zero attached hydrogens (tertiary/aromatic N) is 1. The number of hydrogen-bond donors (Lipinski definition) is 2. The zero-order valence-electron chi connectivity index (χ0n) is 14.0. The number of nitrogens with two attached hydrogens (primary N) is 1. The van der Waals surface area contributed by atoms with Crippen LogP contribution in [-0.4, -0.2) is 49.0 Å². The fourth-order valence-electron chi connectivity index (χ4n) is 2.48. The Bertz CT molecular complexity index is 594. The fraction of sp³-hybridized carbons (Fsp3) is 0.529.